The van der Waals surface area contributed by atoms with Crippen molar-refractivity contribution in [3.8, 4) is 11.5 Å². The Balaban J connectivity index is 1.83. The van der Waals surface area contributed by atoms with Gasteiger partial charge in [0.05, 0.1) is 13.7 Å². The van der Waals surface area contributed by atoms with Crippen molar-refractivity contribution in [2.75, 3.05) is 23.8 Å². The Morgan fingerprint density at radius 1 is 1.07 bits per heavy atom. The minimum absolute atomic E-state index is 0.0479. The highest BCUT2D eigenvalue weighted by Crippen LogP contribution is 2.39. The molecule has 30 heavy (non-hydrogen) atoms. The zero-order valence-corrected chi connectivity index (χ0v) is 18.3. The second kappa shape index (κ2) is 8.95. The van der Waals surface area contributed by atoms with E-state index in [1.54, 1.807) is 36.4 Å². The average Bonchev–Trinajstić information content (AvgIpc) is 3.17. The van der Waals surface area contributed by atoms with Gasteiger partial charge in [-0.2, -0.15) is 0 Å². The summed E-state index contributed by atoms with van der Waals surface area (Å²) in [6.45, 7) is 4.35. The normalized spacial score (nSPS) is 15.4. The van der Waals surface area contributed by atoms with Crippen molar-refractivity contribution >= 4 is 27.3 Å². The van der Waals surface area contributed by atoms with Gasteiger partial charge in [-0.3, -0.25) is 9.52 Å². The number of nitrogens with one attached hydrogen (secondary N) is 2. The maximum atomic E-state index is 13.0. The second-order valence-corrected chi connectivity index (χ2v) is 9.30. The summed E-state index contributed by atoms with van der Waals surface area (Å²) in [4.78, 5) is 12.7. The zero-order valence-electron chi connectivity index (χ0n) is 17.5. The van der Waals surface area contributed by atoms with Crippen LogP contribution < -0.4 is 19.5 Å². The molecule has 7 nitrogen and oxygen atoms in total. The van der Waals surface area contributed by atoms with Crippen molar-refractivity contribution in [1.29, 1.82) is 0 Å². The van der Waals surface area contributed by atoms with E-state index in [4.69, 9.17) is 9.47 Å². The van der Waals surface area contributed by atoms with Gasteiger partial charge in [0, 0.05) is 16.8 Å². The topological polar surface area (TPSA) is 93.7 Å². The highest BCUT2D eigenvalue weighted by Gasteiger charge is 2.36. The lowest BCUT2D eigenvalue weighted by atomic mass is 9.88. The van der Waals surface area contributed by atoms with Gasteiger partial charge in [0.2, 0.25) is 5.91 Å². The minimum atomic E-state index is -3.94. The molecule has 0 saturated heterocycles. The SMILES string of the molecule is CCOc1ccc(NS(=O)(=O)c2cc(NC(=O)C3(C)CCCC3)ccc2OC)cc1. The molecule has 1 saturated carbocycles. The fraction of sp³-hybridized carbons (Fsp3) is 0.409. The molecule has 8 heteroatoms. The number of ether oxygens (including phenoxy) is 2. The molecule has 0 spiro atoms. The van der Waals surface area contributed by atoms with Crippen molar-refractivity contribution in [2.24, 2.45) is 5.41 Å². The van der Waals surface area contributed by atoms with Crippen LogP contribution in [-0.4, -0.2) is 28.0 Å². The third-order valence-corrected chi connectivity index (χ3v) is 6.79. The molecule has 2 aromatic rings. The molecule has 1 fully saturated rings. The van der Waals surface area contributed by atoms with E-state index in [9.17, 15) is 13.2 Å². The van der Waals surface area contributed by atoms with Crippen LogP contribution in [0.15, 0.2) is 47.4 Å². The summed E-state index contributed by atoms with van der Waals surface area (Å²) in [7, 11) is -2.54. The Labute approximate surface area is 177 Å². The first-order chi connectivity index (χ1) is 14.3. The zero-order chi connectivity index (χ0) is 21.8. The van der Waals surface area contributed by atoms with Gasteiger partial charge in [-0.05, 0) is 62.2 Å². The minimum Gasteiger partial charge on any atom is -0.495 e. The summed E-state index contributed by atoms with van der Waals surface area (Å²) in [6, 6.07) is 11.2. The number of hydrogen-bond acceptors (Lipinski definition) is 5. The molecular formula is C22H28N2O5S. The van der Waals surface area contributed by atoms with E-state index in [2.05, 4.69) is 10.0 Å². The molecule has 1 aliphatic carbocycles. The van der Waals surface area contributed by atoms with Crippen LogP contribution in [0.1, 0.15) is 39.5 Å². The molecule has 0 radical (unpaired) electrons. The molecule has 3 rings (SSSR count). The molecule has 162 valence electrons. The number of amides is 1. The molecule has 1 aliphatic rings. The van der Waals surface area contributed by atoms with E-state index < -0.39 is 15.4 Å². The maximum Gasteiger partial charge on any atom is 0.265 e. The van der Waals surface area contributed by atoms with E-state index in [-0.39, 0.29) is 16.6 Å². The number of sulfonamides is 1. The van der Waals surface area contributed by atoms with Crippen LogP contribution in [0.2, 0.25) is 0 Å². The van der Waals surface area contributed by atoms with Crippen LogP contribution in [0.3, 0.4) is 0 Å². The van der Waals surface area contributed by atoms with Gasteiger partial charge in [0.25, 0.3) is 10.0 Å². The number of carbonyl (C=O) groups excluding carboxylic acids is 1. The Morgan fingerprint density at radius 2 is 1.70 bits per heavy atom. The van der Waals surface area contributed by atoms with Crippen LogP contribution in [0, 0.1) is 5.41 Å². The second-order valence-electron chi connectivity index (χ2n) is 7.65. The lowest BCUT2D eigenvalue weighted by molar-refractivity contribution is -0.124. The van der Waals surface area contributed by atoms with E-state index in [0.29, 0.717) is 23.7 Å². The highest BCUT2D eigenvalue weighted by molar-refractivity contribution is 7.92. The molecule has 1 amide bonds. The number of methoxy groups -OCH3 is 1. The Morgan fingerprint density at radius 3 is 2.30 bits per heavy atom. The first-order valence-corrected chi connectivity index (χ1v) is 11.5. The van der Waals surface area contributed by atoms with Gasteiger partial charge in [-0.25, -0.2) is 8.42 Å². The predicted molar refractivity (Wildman–Crippen MR) is 117 cm³/mol. The van der Waals surface area contributed by atoms with Crippen molar-refractivity contribution in [1.82, 2.24) is 0 Å². The first-order valence-electron chi connectivity index (χ1n) is 10.0. The summed E-state index contributed by atoms with van der Waals surface area (Å²) < 4.78 is 39.2. The fourth-order valence-corrected chi connectivity index (χ4v) is 4.88. The van der Waals surface area contributed by atoms with Crippen molar-refractivity contribution in [3.05, 3.63) is 42.5 Å². The van der Waals surface area contributed by atoms with E-state index in [1.807, 2.05) is 13.8 Å². The molecule has 2 aromatic carbocycles. The van der Waals surface area contributed by atoms with Gasteiger partial charge in [-0.15, -0.1) is 0 Å². The van der Waals surface area contributed by atoms with Gasteiger partial charge in [0.1, 0.15) is 16.4 Å². The van der Waals surface area contributed by atoms with Crippen molar-refractivity contribution < 1.29 is 22.7 Å². The molecule has 0 atom stereocenters. The number of benzene rings is 2. The standard InChI is InChI=1S/C22H28N2O5S/c1-4-29-18-10-7-16(8-11-18)24-30(26,27)20-15-17(9-12-19(20)28-3)23-21(25)22(2)13-5-6-14-22/h7-12,15,24H,4-6,13-14H2,1-3H3,(H,23,25). The highest BCUT2D eigenvalue weighted by atomic mass is 32.2. The average molecular weight is 433 g/mol. The molecule has 0 heterocycles. The van der Waals surface area contributed by atoms with Gasteiger partial charge in [-0.1, -0.05) is 19.8 Å². The number of anilines is 2. The maximum absolute atomic E-state index is 13.0. The third kappa shape index (κ3) is 4.87. The smallest absolute Gasteiger partial charge is 0.265 e. The third-order valence-electron chi connectivity index (χ3n) is 5.38. The predicted octanol–water partition coefficient (Wildman–Crippen LogP) is 4.41. The number of rotatable bonds is 8. The van der Waals surface area contributed by atoms with E-state index >= 15 is 0 Å². The van der Waals surface area contributed by atoms with Crippen LogP contribution in [-0.2, 0) is 14.8 Å². The van der Waals surface area contributed by atoms with Crippen LogP contribution in [0.5, 0.6) is 11.5 Å². The number of carbonyl (C=O) groups is 1. The Bertz CT molecular complexity index is 997. The monoisotopic (exact) mass is 432 g/mol. The van der Waals surface area contributed by atoms with Crippen molar-refractivity contribution in [2.45, 2.75) is 44.4 Å². The lowest BCUT2D eigenvalue weighted by Gasteiger charge is -2.22. The van der Waals surface area contributed by atoms with Gasteiger partial charge >= 0.3 is 0 Å². The summed E-state index contributed by atoms with van der Waals surface area (Å²) in [5.41, 5.74) is 0.397. The molecule has 0 bridgehead atoms. The molecule has 2 N–H and O–H groups in total. The number of hydrogen-bond donors (Lipinski definition) is 2. The van der Waals surface area contributed by atoms with Gasteiger partial charge < -0.3 is 14.8 Å². The van der Waals surface area contributed by atoms with E-state index in [0.717, 1.165) is 25.7 Å². The summed E-state index contributed by atoms with van der Waals surface area (Å²) in [5.74, 6) is 0.759. The summed E-state index contributed by atoms with van der Waals surface area (Å²) >= 11 is 0. The quantitative estimate of drug-likeness (QED) is 0.644. The lowest BCUT2D eigenvalue weighted by Crippen LogP contribution is -2.30. The molecule has 0 aliphatic heterocycles. The van der Waals surface area contributed by atoms with Crippen LogP contribution >= 0.6 is 0 Å². The Kier molecular flexibility index (Phi) is 6.55. The molecular weight excluding hydrogens is 404 g/mol. The summed E-state index contributed by atoms with van der Waals surface area (Å²) in [6.07, 6.45) is 3.72. The van der Waals surface area contributed by atoms with Crippen LogP contribution in [0.25, 0.3) is 0 Å². The van der Waals surface area contributed by atoms with Gasteiger partial charge in [0.15, 0.2) is 0 Å². The fourth-order valence-electron chi connectivity index (χ4n) is 3.62. The molecule has 0 aromatic heterocycles. The largest absolute Gasteiger partial charge is 0.495 e. The summed E-state index contributed by atoms with van der Waals surface area (Å²) in [5, 5.41) is 2.87. The molecule has 0 unspecified atom stereocenters. The van der Waals surface area contributed by atoms with Crippen LogP contribution in [0.4, 0.5) is 11.4 Å². The Hall–Kier alpha value is -2.74. The van der Waals surface area contributed by atoms with E-state index in [1.165, 1.54) is 13.2 Å². The first kappa shape index (κ1) is 22.0. The van der Waals surface area contributed by atoms with Crippen molar-refractivity contribution in [3.63, 3.8) is 0 Å².